The fourth-order valence-electron chi connectivity index (χ4n) is 2.90. The fourth-order valence-corrected chi connectivity index (χ4v) is 4.12. The molecule has 0 unspecified atom stereocenters. The van der Waals surface area contributed by atoms with Crippen molar-refractivity contribution in [1.29, 1.82) is 0 Å². The van der Waals surface area contributed by atoms with Crippen LogP contribution in [0.25, 0.3) is 0 Å². The summed E-state index contributed by atoms with van der Waals surface area (Å²) in [6.45, 7) is 4.02. The summed E-state index contributed by atoms with van der Waals surface area (Å²) in [7, 11) is 0. The number of nitrogens with zero attached hydrogens (tertiary/aromatic N) is 1. The molecule has 0 aromatic heterocycles. The van der Waals surface area contributed by atoms with Gasteiger partial charge < -0.3 is 10.2 Å². The van der Waals surface area contributed by atoms with Crippen molar-refractivity contribution in [3.05, 3.63) is 35.9 Å². The average molecular weight is 290 g/mol. The third-order valence-corrected chi connectivity index (χ3v) is 5.31. The molecular weight excluding hydrogens is 272 g/mol. The lowest BCUT2D eigenvalue weighted by atomic mass is 9.99. The Morgan fingerprint density at radius 3 is 2.70 bits per heavy atom. The van der Waals surface area contributed by atoms with Gasteiger partial charge in [0.25, 0.3) is 0 Å². The van der Waals surface area contributed by atoms with Gasteiger partial charge >= 0.3 is 0 Å². The zero-order valence-electron chi connectivity index (χ0n) is 11.6. The third kappa shape index (κ3) is 2.20. The van der Waals surface area contributed by atoms with E-state index < -0.39 is 6.04 Å². The zero-order valence-corrected chi connectivity index (χ0v) is 12.4. The van der Waals surface area contributed by atoms with Gasteiger partial charge in [0.05, 0.1) is 4.87 Å². The van der Waals surface area contributed by atoms with Gasteiger partial charge in [0.15, 0.2) is 0 Å². The molecule has 20 heavy (non-hydrogen) atoms. The van der Waals surface area contributed by atoms with Crippen LogP contribution in [0.4, 0.5) is 0 Å². The molecule has 0 bridgehead atoms. The molecule has 2 atom stereocenters. The summed E-state index contributed by atoms with van der Waals surface area (Å²) in [6.07, 6.45) is 0.551. The van der Waals surface area contributed by atoms with Crippen LogP contribution in [-0.2, 0) is 16.0 Å². The van der Waals surface area contributed by atoms with Crippen LogP contribution >= 0.6 is 11.8 Å². The van der Waals surface area contributed by atoms with E-state index in [1.807, 2.05) is 44.2 Å². The number of nitrogens with one attached hydrogen (secondary N) is 1. The van der Waals surface area contributed by atoms with Crippen molar-refractivity contribution in [3.63, 3.8) is 0 Å². The SMILES string of the molecule is CC1(C)SC[C@@H]2C(=O)N[C@@H](Cc3ccccc3)C(=O)N21. The highest BCUT2D eigenvalue weighted by Crippen LogP contribution is 2.40. The molecule has 106 valence electrons. The molecule has 2 amide bonds. The number of thioether (sulfide) groups is 1. The Balaban J connectivity index is 1.84. The Bertz CT molecular complexity index is 544. The van der Waals surface area contributed by atoms with Crippen LogP contribution in [0.2, 0.25) is 0 Å². The molecule has 2 fully saturated rings. The average Bonchev–Trinajstić information content (AvgIpc) is 2.73. The van der Waals surface area contributed by atoms with E-state index in [9.17, 15) is 9.59 Å². The molecule has 2 saturated heterocycles. The Morgan fingerprint density at radius 2 is 2.00 bits per heavy atom. The number of fused-ring (bicyclic) bond motifs is 1. The first-order chi connectivity index (χ1) is 9.49. The topological polar surface area (TPSA) is 49.4 Å². The van der Waals surface area contributed by atoms with E-state index in [-0.39, 0.29) is 22.7 Å². The quantitative estimate of drug-likeness (QED) is 0.896. The number of amides is 2. The summed E-state index contributed by atoms with van der Waals surface area (Å²) >= 11 is 1.67. The molecule has 5 heteroatoms. The summed E-state index contributed by atoms with van der Waals surface area (Å²) in [5.41, 5.74) is 1.06. The number of hydrogen-bond donors (Lipinski definition) is 1. The molecule has 0 aliphatic carbocycles. The van der Waals surface area contributed by atoms with E-state index in [4.69, 9.17) is 0 Å². The highest BCUT2D eigenvalue weighted by molar-refractivity contribution is 8.00. The molecule has 1 aromatic carbocycles. The van der Waals surface area contributed by atoms with E-state index in [1.54, 1.807) is 16.7 Å². The maximum Gasteiger partial charge on any atom is 0.247 e. The summed E-state index contributed by atoms with van der Waals surface area (Å²) < 4.78 is 0. The number of carbonyl (C=O) groups is 2. The Labute approximate surface area is 122 Å². The largest absolute Gasteiger partial charge is 0.342 e. The van der Waals surface area contributed by atoms with Gasteiger partial charge in [-0.25, -0.2) is 0 Å². The number of hydrogen-bond acceptors (Lipinski definition) is 3. The van der Waals surface area contributed by atoms with Gasteiger partial charge in [0.1, 0.15) is 12.1 Å². The van der Waals surface area contributed by atoms with Crippen LogP contribution in [0.1, 0.15) is 19.4 Å². The first-order valence-electron chi connectivity index (χ1n) is 6.80. The fraction of sp³-hybridized carbons (Fsp3) is 0.467. The minimum absolute atomic E-state index is 0.0244. The highest BCUT2D eigenvalue weighted by atomic mass is 32.2. The first kappa shape index (κ1) is 13.5. The molecule has 4 nitrogen and oxygen atoms in total. The van der Waals surface area contributed by atoms with Gasteiger partial charge in [0, 0.05) is 12.2 Å². The van der Waals surface area contributed by atoms with Crippen molar-refractivity contribution in [2.45, 2.75) is 37.2 Å². The van der Waals surface area contributed by atoms with Crippen LogP contribution in [0.3, 0.4) is 0 Å². The molecule has 2 aliphatic heterocycles. The Hall–Kier alpha value is -1.49. The van der Waals surface area contributed by atoms with Crippen molar-refractivity contribution in [1.82, 2.24) is 10.2 Å². The highest BCUT2D eigenvalue weighted by Gasteiger charge is 2.51. The molecule has 2 aliphatic rings. The summed E-state index contributed by atoms with van der Waals surface area (Å²) in [4.78, 5) is 26.3. The number of rotatable bonds is 2. The van der Waals surface area contributed by atoms with Gasteiger partial charge in [-0.2, -0.15) is 0 Å². The summed E-state index contributed by atoms with van der Waals surface area (Å²) in [6, 6.07) is 9.05. The van der Waals surface area contributed by atoms with Crippen molar-refractivity contribution < 1.29 is 9.59 Å². The van der Waals surface area contributed by atoms with Crippen LogP contribution in [0.5, 0.6) is 0 Å². The normalized spacial score (nSPS) is 28.2. The van der Waals surface area contributed by atoms with E-state index in [1.165, 1.54) is 0 Å². The van der Waals surface area contributed by atoms with Gasteiger partial charge in [-0.3, -0.25) is 9.59 Å². The van der Waals surface area contributed by atoms with Crippen molar-refractivity contribution in [3.8, 4) is 0 Å². The second-order valence-electron chi connectivity index (χ2n) is 5.73. The molecule has 2 heterocycles. The minimum atomic E-state index is -0.445. The zero-order chi connectivity index (χ0) is 14.3. The molecule has 0 saturated carbocycles. The van der Waals surface area contributed by atoms with Crippen molar-refractivity contribution >= 4 is 23.6 Å². The standard InChI is InChI=1S/C15H18N2O2S/c1-15(2)17-12(9-20-15)13(18)16-11(14(17)19)8-10-6-4-3-5-7-10/h3-7,11-12H,8-9H2,1-2H3,(H,16,18)/t11-,12+/m0/s1. The van der Waals surface area contributed by atoms with Crippen molar-refractivity contribution in [2.75, 3.05) is 5.75 Å². The van der Waals surface area contributed by atoms with Crippen LogP contribution in [0.15, 0.2) is 30.3 Å². The molecule has 1 aromatic rings. The molecular formula is C15H18N2O2S. The lowest BCUT2D eigenvalue weighted by Gasteiger charge is -2.40. The molecule has 1 N–H and O–H groups in total. The van der Waals surface area contributed by atoms with Gasteiger partial charge in [0.2, 0.25) is 11.8 Å². The van der Waals surface area contributed by atoms with Crippen LogP contribution in [-0.4, -0.2) is 39.4 Å². The van der Waals surface area contributed by atoms with Crippen LogP contribution in [0, 0.1) is 0 Å². The van der Waals surface area contributed by atoms with Gasteiger partial charge in [-0.1, -0.05) is 30.3 Å². The molecule has 0 spiro atoms. The maximum absolute atomic E-state index is 12.7. The lowest BCUT2D eigenvalue weighted by molar-refractivity contribution is -0.150. The number of benzene rings is 1. The second-order valence-corrected chi connectivity index (χ2v) is 7.35. The predicted molar refractivity (Wildman–Crippen MR) is 79.2 cm³/mol. The Kier molecular flexibility index (Phi) is 3.24. The van der Waals surface area contributed by atoms with Gasteiger partial charge in [-0.05, 0) is 19.4 Å². The summed E-state index contributed by atoms with van der Waals surface area (Å²) in [5, 5.41) is 2.88. The lowest BCUT2D eigenvalue weighted by Crippen LogP contribution is -2.65. The summed E-state index contributed by atoms with van der Waals surface area (Å²) in [5.74, 6) is 0.694. The smallest absolute Gasteiger partial charge is 0.247 e. The van der Waals surface area contributed by atoms with Crippen molar-refractivity contribution in [2.24, 2.45) is 0 Å². The van der Waals surface area contributed by atoms with E-state index in [2.05, 4.69) is 5.32 Å². The van der Waals surface area contributed by atoms with E-state index in [0.717, 1.165) is 5.56 Å². The van der Waals surface area contributed by atoms with Crippen LogP contribution < -0.4 is 5.32 Å². The van der Waals surface area contributed by atoms with Gasteiger partial charge in [-0.15, -0.1) is 11.8 Å². The monoisotopic (exact) mass is 290 g/mol. The second kappa shape index (κ2) is 4.81. The molecule has 0 radical (unpaired) electrons. The molecule has 3 rings (SSSR count). The predicted octanol–water partition coefficient (Wildman–Crippen LogP) is 1.41. The third-order valence-electron chi connectivity index (χ3n) is 3.92. The minimum Gasteiger partial charge on any atom is -0.342 e. The Morgan fingerprint density at radius 1 is 1.30 bits per heavy atom. The first-order valence-corrected chi connectivity index (χ1v) is 7.79. The maximum atomic E-state index is 12.7. The van der Waals surface area contributed by atoms with E-state index in [0.29, 0.717) is 12.2 Å². The number of carbonyl (C=O) groups excluding carboxylic acids is 2. The van der Waals surface area contributed by atoms with E-state index >= 15 is 0 Å². The number of piperazine rings is 1.